The summed E-state index contributed by atoms with van der Waals surface area (Å²) in [6, 6.07) is 0. The molecule has 4 heteroatoms. The van der Waals surface area contributed by atoms with Gasteiger partial charge in [-0.1, -0.05) is 0 Å². The number of amides is 1. The highest BCUT2D eigenvalue weighted by Crippen LogP contribution is 2.33. The summed E-state index contributed by atoms with van der Waals surface area (Å²) in [5.41, 5.74) is 0.227. The molecule has 9 heavy (non-hydrogen) atoms. The summed E-state index contributed by atoms with van der Waals surface area (Å²) in [6.45, 7) is 0. The number of carbonyl (C=O) groups excluding carboxylic acids is 1. The molecule has 0 aromatic heterocycles. The standard InChI is InChI=1S/C5H4N2OS/c6-3-4(8)7-1-2-9-5(3)7/h1-2,5-6H/t5-/m1/s1. The van der Waals surface area contributed by atoms with Crippen LogP contribution in [0.1, 0.15) is 0 Å². The summed E-state index contributed by atoms with van der Waals surface area (Å²) in [4.78, 5) is 12.2. The van der Waals surface area contributed by atoms with Crippen molar-refractivity contribution in [1.29, 1.82) is 5.41 Å². The van der Waals surface area contributed by atoms with Gasteiger partial charge in [-0.05, 0) is 5.41 Å². The first kappa shape index (κ1) is 5.05. The molecule has 0 radical (unpaired) electrons. The lowest BCUT2D eigenvalue weighted by Gasteiger charge is -2.32. The Morgan fingerprint density at radius 1 is 1.78 bits per heavy atom. The molecule has 0 unspecified atom stereocenters. The van der Waals surface area contributed by atoms with Gasteiger partial charge in [0.15, 0.2) is 0 Å². The molecule has 0 spiro atoms. The largest absolute Gasteiger partial charge is 0.297 e. The molecule has 0 aliphatic carbocycles. The molecule has 1 atom stereocenters. The molecular formula is C5H4N2OS. The van der Waals surface area contributed by atoms with Gasteiger partial charge in [-0.15, -0.1) is 11.8 Å². The van der Waals surface area contributed by atoms with Gasteiger partial charge in [-0.25, -0.2) is 0 Å². The number of hydrogen-bond acceptors (Lipinski definition) is 3. The van der Waals surface area contributed by atoms with Crippen LogP contribution in [0, 0.1) is 5.41 Å². The molecule has 1 fully saturated rings. The van der Waals surface area contributed by atoms with Crippen molar-refractivity contribution in [3.8, 4) is 0 Å². The molecule has 1 N–H and O–H groups in total. The van der Waals surface area contributed by atoms with E-state index in [2.05, 4.69) is 0 Å². The monoisotopic (exact) mass is 140 g/mol. The van der Waals surface area contributed by atoms with Crippen LogP contribution in [0.15, 0.2) is 11.6 Å². The van der Waals surface area contributed by atoms with Gasteiger partial charge in [0.25, 0.3) is 5.91 Å². The highest BCUT2D eigenvalue weighted by molar-refractivity contribution is 8.03. The molecule has 3 nitrogen and oxygen atoms in total. The normalized spacial score (nSPS) is 30.7. The highest BCUT2D eigenvalue weighted by Gasteiger charge is 2.43. The number of thioether (sulfide) groups is 1. The third-order valence-corrected chi connectivity index (χ3v) is 2.39. The molecule has 0 saturated carbocycles. The van der Waals surface area contributed by atoms with E-state index in [0.29, 0.717) is 0 Å². The summed E-state index contributed by atoms with van der Waals surface area (Å²) in [5.74, 6) is -0.152. The average Bonchev–Trinajstić information content (AvgIpc) is 2.30. The minimum Gasteiger partial charge on any atom is -0.297 e. The summed E-state index contributed by atoms with van der Waals surface area (Å²) in [7, 11) is 0. The first-order valence-corrected chi connectivity index (χ1v) is 3.48. The fraction of sp³-hybridized carbons (Fsp3) is 0.200. The highest BCUT2D eigenvalue weighted by atomic mass is 32.2. The van der Waals surface area contributed by atoms with Crippen LogP contribution in [0.3, 0.4) is 0 Å². The quantitative estimate of drug-likeness (QED) is 0.495. The van der Waals surface area contributed by atoms with Crippen molar-refractivity contribution < 1.29 is 4.79 Å². The lowest BCUT2D eigenvalue weighted by molar-refractivity contribution is -0.125. The Labute approximate surface area is 56.2 Å². The number of carbonyl (C=O) groups is 1. The van der Waals surface area contributed by atoms with Crippen molar-refractivity contribution in [3.05, 3.63) is 11.6 Å². The maximum Gasteiger partial charge on any atom is 0.275 e. The number of nitrogens with one attached hydrogen (secondary N) is 1. The Kier molecular flexibility index (Phi) is 0.778. The number of β-lactam (4-membered cyclic amide) rings is 1. The van der Waals surface area contributed by atoms with E-state index in [1.54, 1.807) is 11.1 Å². The zero-order valence-corrected chi connectivity index (χ0v) is 5.31. The fourth-order valence-electron chi connectivity index (χ4n) is 0.879. The second-order valence-electron chi connectivity index (χ2n) is 1.90. The van der Waals surface area contributed by atoms with Crippen molar-refractivity contribution in [2.24, 2.45) is 0 Å². The molecule has 2 aliphatic heterocycles. The third kappa shape index (κ3) is 0.439. The van der Waals surface area contributed by atoms with Crippen molar-refractivity contribution in [3.63, 3.8) is 0 Å². The van der Waals surface area contributed by atoms with E-state index in [1.807, 2.05) is 5.41 Å². The predicted molar refractivity (Wildman–Crippen MR) is 35.1 cm³/mol. The van der Waals surface area contributed by atoms with E-state index >= 15 is 0 Å². The van der Waals surface area contributed by atoms with Crippen LogP contribution in [-0.2, 0) is 4.79 Å². The van der Waals surface area contributed by atoms with E-state index in [1.165, 1.54) is 11.8 Å². The van der Waals surface area contributed by atoms with Crippen LogP contribution in [0.2, 0.25) is 0 Å². The summed E-state index contributed by atoms with van der Waals surface area (Å²) >= 11 is 1.50. The molecule has 1 amide bonds. The first-order chi connectivity index (χ1) is 4.30. The predicted octanol–water partition coefficient (Wildman–Crippen LogP) is 0.392. The van der Waals surface area contributed by atoms with Gasteiger partial charge in [0.2, 0.25) is 0 Å². The average molecular weight is 140 g/mol. The van der Waals surface area contributed by atoms with Gasteiger partial charge in [-0.2, -0.15) is 0 Å². The molecule has 1 saturated heterocycles. The Bertz CT molecular complexity index is 223. The van der Waals surface area contributed by atoms with Gasteiger partial charge < -0.3 is 0 Å². The summed E-state index contributed by atoms with van der Waals surface area (Å²) < 4.78 is 0. The van der Waals surface area contributed by atoms with Crippen molar-refractivity contribution in [1.82, 2.24) is 4.90 Å². The van der Waals surface area contributed by atoms with Crippen molar-refractivity contribution in [2.45, 2.75) is 5.37 Å². The fourth-order valence-corrected chi connectivity index (χ4v) is 1.76. The second kappa shape index (κ2) is 1.39. The van der Waals surface area contributed by atoms with E-state index in [4.69, 9.17) is 5.41 Å². The molecule has 2 aliphatic rings. The molecule has 0 aromatic carbocycles. The number of fused-ring (bicyclic) bond motifs is 1. The SMILES string of the molecule is N=C1C(=O)N2C=CS[C@H]12. The third-order valence-electron chi connectivity index (χ3n) is 1.39. The summed E-state index contributed by atoms with van der Waals surface area (Å²) in [5, 5.41) is 8.96. The zero-order valence-electron chi connectivity index (χ0n) is 4.50. The minimum atomic E-state index is -0.152. The zero-order chi connectivity index (χ0) is 6.43. The minimum absolute atomic E-state index is 0.0116. The Morgan fingerprint density at radius 3 is 3.22 bits per heavy atom. The topological polar surface area (TPSA) is 44.2 Å². The van der Waals surface area contributed by atoms with Gasteiger partial charge in [0, 0.05) is 6.20 Å². The van der Waals surface area contributed by atoms with Crippen molar-refractivity contribution >= 4 is 23.4 Å². The summed E-state index contributed by atoms with van der Waals surface area (Å²) in [6.07, 6.45) is 1.72. The van der Waals surface area contributed by atoms with Crippen LogP contribution in [0.25, 0.3) is 0 Å². The lowest BCUT2D eigenvalue weighted by Crippen LogP contribution is -2.54. The molecule has 0 aromatic rings. The van der Waals surface area contributed by atoms with E-state index in [0.717, 1.165) is 0 Å². The van der Waals surface area contributed by atoms with Gasteiger partial charge >= 0.3 is 0 Å². The maximum absolute atomic E-state index is 10.7. The molecular weight excluding hydrogens is 136 g/mol. The molecule has 0 bridgehead atoms. The Hall–Kier alpha value is -0.770. The molecule has 2 rings (SSSR count). The smallest absolute Gasteiger partial charge is 0.275 e. The van der Waals surface area contributed by atoms with Gasteiger partial charge in [-0.3, -0.25) is 15.1 Å². The van der Waals surface area contributed by atoms with Gasteiger partial charge in [0.1, 0.15) is 11.1 Å². The first-order valence-electron chi connectivity index (χ1n) is 2.54. The number of nitrogens with zero attached hydrogens (tertiary/aromatic N) is 1. The van der Waals surface area contributed by atoms with Crippen LogP contribution in [0.4, 0.5) is 0 Å². The van der Waals surface area contributed by atoms with E-state index < -0.39 is 0 Å². The van der Waals surface area contributed by atoms with Crippen LogP contribution >= 0.6 is 11.8 Å². The second-order valence-corrected chi connectivity index (χ2v) is 2.89. The Balaban J connectivity index is 2.31. The number of rotatable bonds is 0. The molecule has 2 heterocycles. The Morgan fingerprint density at radius 2 is 2.56 bits per heavy atom. The van der Waals surface area contributed by atoms with Crippen LogP contribution in [0.5, 0.6) is 0 Å². The maximum atomic E-state index is 10.7. The van der Waals surface area contributed by atoms with Crippen LogP contribution < -0.4 is 0 Å². The van der Waals surface area contributed by atoms with E-state index in [-0.39, 0.29) is 17.0 Å². The lowest BCUT2D eigenvalue weighted by atomic mass is 10.2. The van der Waals surface area contributed by atoms with Crippen molar-refractivity contribution in [2.75, 3.05) is 0 Å². The van der Waals surface area contributed by atoms with Gasteiger partial charge in [0.05, 0.1) is 0 Å². The number of hydrogen-bond donors (Lipinski definition) is 1. The molecule has 46 valence electrons. The van der Waals surface area contributed by atoms with E-state index in [9.17, 15) is 4.79 Å². The van der Waals surface area contributed by atoms with Crippen LogP contribution in [-0.4, -0.2) is 21.9 Å².